The highest BCUT2D eigenvalue weighted by Crippen LogP contribution is 2.41. The van der Waals surface area contributed by atoms with E-state index in [1.54, 1.807) is 11.8 Å². The van der Waals surface area contributed by atoms with E-state index in [-0.39, 0.29) is 37.4 Å². The van der Waals surface area contributed by atoms with Gasteiger partial charge in [0.1, 0.15) is 6.54 Å². The topological polar surface area (TPSA) is 156 Å². The van der Waals surface area contributed by atoms with Crippen LogP contribution >= 0.6 is 0 Å². The molecule has 336 valence electrons. The van der Waals surface area contributed by atoms with E-state index >= 15 is 0 Å². The molecule has 3 amide bonds. The summed E-state index contributed by atoms with van der Waals surface area (Å²) in [5.41, 5.74) is 9.05. The van der Waals surface area contributed by atoms with Crippen molar-refractivity contribution in [1.82, 2.24) is 24.3 Å². The summed E-state index contributed by atoms with van der Waals surface area (Å²) >= 11 is 0. The van der Waals surface area contributed by atoms with Gasteiger partial charge in [0, 0.05) is 104 Å². The number of likely N-dealkylation sites (N-methyl/N-ethyl adjacent to an activating group) is 2. The lowest BCUT2D eigenvalue weighted by Gasteiger charge is -2.33. The Labute approximate surface area is 365 Å². The monoisotopic (exact) mass is 853 g/mol. The van der Waals surface area contributed by atoms with Crippen molar-refractivity contribution < 1.29 is 38.9 Å². The van der Waals surface area contributed by atoms with Crippen molar-refractivity contribution in [2.75, 3.05) is 59.2 Å². The first-order valence-corrected chi connectivity index (χ1v) is 23.0. The van der Waals surface area contributed by atoms with Crippen LogP contribution in [0.2, 0.25) is 0 Å². The maximum atomic E-state index is 13.3. The van der Waals surface area contributed by atoms with Crippen molar-refractivity contribution in [3.63, 3.8) is 0 Å². The van der Waals surface area contributed by atoms with Crippen LogP contribution in [0.4, 0.5) is 0 Å². The van der Waals surface area contributed by atoms with Crippen molar-refractivity contribution >= 4 is 45.5 Å². The fourth-order valence-corrected chi connectivity index (χ4v) is 10.7. The number of rotatable bonds is 12. The van der Waals surface area contributed by atoms with Gasteiger partial charge in [-0.25, -0.2) is 0 Å². The predicted octanol–water partition coefficient (Wildman–Crippen LogP) is 5.93. The number of aliphatic hydroxyl groups is 1. The number of aliphatic carboxylic acids is 1. The largest absolute Gasteiger partial charge is 0.480 e. The van der Waals surface area contributed by atoms with Crippen LogP contribution < -0.4 is 5.32 Å². The number of benzene rings is 2. The van der Waals surface area contributed by atoms with E-state index in [1.165, 1.54) is 51.2 Å². The fraction of sp³-hybridized carbons (Fsp3) is 0.592. The lowest BCUT2D eigenvalue weighted by atomic mass is 9.75. The molecule has 0 radical (unpaired) electrons. The summed E-state index contributed by atoms with van der Waals surface area (Å²) in [6.45, 7) is 9.51. The molecule has 13 nitrogen and oxygen atoms in total. The summed E-state index contributed by atoms with van der Waals surface area (Å²) in [5, 5.41) is 23.5. The van der Waals surface area contributed by atoms with Crippen molar-refractivity contribution in [1.29, 1.82) is 0 Å². The van der Waals surface area contributed by atoms with Crippen molar-refractivity contribution in [3.8, 4) is 0 Å². The highest BCUT2D eigenvalue weighted by atomic mass is 16.5. The molecule has 62 heavy (non-hydrogen) atoms. The third-order valence-electron chi connectivity index (χ3n) is 14.3. The van der Waals surface area contributed by atoms with Gasteiger partial charge in [0.2, 0.25) is 5.91 Å². The Bertz CT molecular complexity index is 2250. The molecule has 3 atom stereocenters. The van der Waals surface area contributed by atoms with Crippen LogP contribution in [0.25, 0.3) is 21.8 Å². The first-order chi connectivity index (χ1) is 29.9. The zero-order chi connectivity index (χ0) is 44.1. The molecule has 0 bridgehead atoms. The third kappa shape index (κ3) is 9.90. The first kappa shape index (κ1) is 45.3. The number of carboxylic acid groups (broad SMARTS) is 1. The van der Waals surface area contributed by atoms with Crippen molar-refractivity contribution in [2.24, 2.45) is 37.8 Å². The predicted molar refractivity (Wildman–Crippen MR) is 239 cm³/mol. The van der Waals surface area contributed by atoms with Crippen LogP contribution in [0.15, 0.2) is 36.4 Å². The maximum absolute atomic E-state index is 13.3. The fourth-order valence-electron chi connectivity index (χ4n) is 10.7. The number of aryl methyl sites for hydroxylation is 2. The summed E-state index contributed by atoms with van der Waals surface area (Å²) in [6, 6.07) is 11.8. The number of carbonyl (C=O) groups is 4. The number of aliphatic hydroxyl groups excluding tert-OH is 1. The SMILES string of the molecule is CCN(CC(=O)NC[C@@H](C)O)C(=O)c1ccc2c(c1)c1c(n2C)CCC(C2CCOCC2)C1.CCN(CC(=O)O)C(=O)c1ccc2c(c1)c1c(n2C)CCC(C2CCOCC2)C1. The van der Waals surface area contributed by atoms with Crippen molar-refractivity contribution in [2.45, 2.75) is 91.1 Å². The van der Waals surface area contributed by atoms with E-state index < -0.39 is 12.1 Å². The number of nitrogens with one attached hydrogen (secondary N) is 1. The number of fused-ring (bicyclic) bond motifs is 6. The third-order valence-corrected chi connectivity index (χ3v) is 14.3. The number of carboxylic acids is 1. The number of hydrogen-bond acceptors (Lipinski definition) is 7. The average molecular weight is 854 g/mol. The average Bonchev–Trinajstić information content (AvgIpc) is 3.74. The quantitative estimate of drug-likeness (QED) is 0.159. The van der Waals surface area contributed by atoms with Gasteiger partial charge in [0.05, 0.1) is 12.6 Å². The number of aromatic nitrogens is 2. The zero-order valence-corrected chi connectivity index (χ0v) is 37.4. The molecular formula is C49H67N5O8. The molecule has 4 aromatic rings. The van der Waals surface area contributed by atoms with Crippen LogP contribution in [0.1, 0.15) is 103 Å². The van der Waals surface area contributed by atoms with Gasteiger partial charge in [-0.1, -0.05) is 0 Å². The van der Waals surface area contributed by atoms with Crippen LogP contribution in [-0.4, -0.2) is 118 Å². The maximum Gasteiger partial charge on any atom is 0.323 e. The van der Waals surface area contributed by atoms with Gasteiger partial charge in [-0.15, -0.1) is 0 Å². The summed E-state index contributed by atoms with van der Waals surface area (Å²) in [4.78, 5) is 52.4. The Balaban J connectivity index is 0.000000188. The summed E-state index contributed by atoms with van der Waals surface area (Å²) in [6.07, 6.45) is 10.7. The van der Waals surface area contributed by atoms with Crippen LogP contribution in [0.3, 0.4) is 0 Å². The van der Waals surface area contributed by atoms with E-state index in [9.17, 15) is 24.3 Å². The molecule has 0 spiro atoms. The molecule has 13 heteroatoms. The number of carbonyl (C=O) groups excluding carboxylic acids is 3. The Morgan fingerprint density at radius 1 is 0.694 bits per heavy atom. The van der Waals surface area contributed by atoms with Crippen molar-refractivity contribution in [3.05, 3.63) is 70.0 Å². The number of hydrogen-bond donors (Lipinski definition) is 3. The van der Waals surface area contributed by atoms with Crippen LogP contribution in [-0.2, 0) is 58.8 Å². The summed E-state index contributed by atoms with van der Waals surface area (Å²) in [5.74, 6) is 1.20. The lowest BCUT2D eigenvalue weighted by molar-refractivity contribution is -0.137. The smallest absolute Gasteiger partial charge is 0.323 e. The highest BCUT2D eigenvalue weighted by molar-refractivity contribution is 6.01. The minimum Gasteiger partial charge on any atom is -0.480 e. The van der Waals surface area contributed by atoms with Gasteiger partial charge in [-0.2, -0.15) is 0 Å². The summed E-state index contributed by atoms with van der Waals surface area (Å²) < 4.78 is 15.7. The minimum atomic E-state index is -0.988. The molecule has 4 heterocycles. The van der Waals surface area contributed by atoms with E-state index in [1.807, 2.05) is 50.2 Å². The number of ether oxygens (including phenoxy) is 2. The lowest BCUT2D eigenvalue weighted by Crippen LogP contribution is -2.42. The normalized spacial score (nSPS) is 19.8. The molecule has 2 saturated heterocycles. The van der Waals surface area contributed by atoms with Crippen LogP contribution in [0, 0.1) is 23.7 Å². The molecular weight excluding hydrogens is 787 g/mol. The standard InChI is InChI=1S/C26H37N3O4.C23H30N2O4/c1-4-29(16-25(31)27-15-17(2)30)26(32)20-6-8-24-22(14-20)21-13-19(5-7-23(21)28(24)3)18-9-11-33-12-10-18;1-3-25(14-22(26)27)23(28)17-5-7-21-19(13-17)18-12-16(4-6-20(18)24(21)2)15-8-10-29-11-9-15/h6,8,14,17-19,30H,4-5,7,9-13,15-16H2,1-3H3,(H,27,31);5,7,13,15-16H,3-4,6,8-12,14H2,1-2H3,(H,26,27)/t17-,19?;/m1./s1. The molecule has 2 fully saturated rings. The van der Waals surface area contributed by atoms with Gasteiger partial charge in [0.25, 0.3) is 11.8 Å². The molecule has 0 saturated carbocycles. The van der Waals surface area contributed by atoms with Gasteiger partial charge in [-0.3, -0.25) is 19.2 Å². The van der Waals surface area contributed by atoms with Gasteiger partial charge >= 0.3 is 5.97 Å². The van der Waals surface area contributed by atoms with Crippen LogP contribution in [0.5, 0.6) is 0 Å². The minimum absolute atomic E-state index is 0.0151. The number of nitrogens with zero attached hydrogens (tertiary/aromatic N) is 4. The molecule has 2 aromatic carbocycles. The molecule has 2 unspecified atom stereocenters. The Hall–Kier alpha value is -4.72. The second-order valence-electron chi connectivity index (χ2n) is 18.0. The Morgan fingerprint density at radius 2 is 1.13 bits per heavy atom. The Kier molecular flexibility index (Phi) is 14.8. The second-order valence-corrected chi connectivity index (χ2v) is 18.0. The second kappa shape index (κ2) is 20.2. The molecule has 3 N–H and O–H groups in total. The van der Waals surface area contributed by atoms with E-state index in [4.69, 9.17) is 14.6 Å². The van der Waals surface area contributed by atoms with Gasteiger partial charge in [0.15, 0.2) is 0 Å². The van der Waals surface area contributed by atoms with E-state index in [0.29, 0.717) is 36.1 Å². The zero-order valence-electron chi connectivity index (χ0n) is 37.4. The number of amides is 3. The molecule has 2 aliphatic carbocycles. The first-order valence-electron chi connectivity index (χ1n) is 23.0. The molecule has 8 rings (SSSR count). The summed E-state index contributed by atoms with van der Waals surface area (Å²) in [7, 11) is 4.24. The molecule has 2 aromatic heterocycles. The highest BCUT2D eigenvalue weighted by Gasteiger charge is 2.33. The molecule has 2 aliphatic heterocycles. The van der Waals surface area contributed by atoms with E-state index in [2.05, 4.69) is 28.5 Å². The molecule has 4 aliphatic rings. The van der Waals surface area contributed by atoms with Gasteiger partial charge < -0.3 is 43.9 Å². The van der Waals surface area contributed by atoms with E-state index in [0.717, 1.165) is 101 Å². The van der Waals surface area contributed by atoms with Gasteiger partial charge in [-0.05, 0) is 156 Å². The Morgan fingerprint density at radius 3 is 1.53 bits per heavy atom.